The maximum Gasteiger partial charge on any atom is 0.347 e. The van der Waals surface area contributed by atoms with E-state index >= 15 is 0 Å². The second kappa shape index (κ2) is 5.50. The minimum Gasteiger partial charge on any atom is -0.477 e. The number of carboxylic acids is 1. The summed E-state index contributed by atoms with van der Waals surface area (Å²) < 4.78 is 0. The van der Waals surface area contributed by atoms with Crippen molar-refractivity contribution in [1.29, 1.82) is 0 Å². The number of nitrogens with zero attached hydrogens (tertiary/aromatic N) is 1. The van der Waals surface area contributed by atoms with E-state index in [1.54, 1.807) is 0 Å². The van der Waals surface area contributed by atoms with E-state index in [0.29, 0.717) is 28.4 Å². The van der Waals surface area contributed by atoms with E-state index in [-0.39, 0.29) is 0 Å². The molecular weight excluding hydrogens is 270 g/mol. The van der Waals surface area contributed by atoms with Gasteiger partial charge in [-0.3, -0.25) is 0 Å². The van der Waals surface area contributed by atoms with Crippen LogP contribution in [0.2, 0.25) is 5.02 Å². The number of rotatable bonds is 4. The number of aryl methyl sites for hydroxylation is 1. The molecule has 5 heteroatoms. The van der Waals surface area contributed by atoms with Crippen molar-refractivity contribution in [3.63, 3.8) is 0 Å². The van der Waals surface area contributed by atoms with Crippen LogP contribution in [0.3, 0.4) is 0 Å². The zero-order valence-corrected chi connectivity index (χ0v) is 11.4. The highest BCUT2D eigenvalue weighted by molar-refractivity contribution is 7.13. The average molecular weight is 282 g/mol. The zero-order chi connectivity index (χ0) is 13.1. The number of hydrogen-bond donors (Lipinski definition) is 1. The summed E-state index contributed by atoms with van der Waals surface area (Å²) in [7, 11) is 0. The van der Waals surface area contributed by atoms with Gasteiger partial charge in [-0.2, -0.15) is 0 Å². The topological polar surface area (TPSA) is 50.2 Å². The molecule has 18 heavy (non-hydrogen) atoms. The van der Waals surface area contributed by atoms with Crippen molar-refractivity contribution in [2.45, 2.75) is 19.8 Å². The van der Waals surface area contributed by atoms with E-state index < -0.39 is 5.97 Å². The van der Waals surface area contributed by atoms with Crippen molar-refractivity contribution in [2.75, 3.05) is 0 Å². The molecule has 2 rings (SSSR count). The van der Waals surface area contributed by atoms with E-state index in [4.69, 9.17) is 16.7 Å². The molecule has 0 aliphatic rings. The minimum absolute atomic E-state index is 0.349. The van der Waals surface area contributed by atoms with Gasteiger partial charge in [0.1, 0.15) is 4.88 Å². The Bertz CT molecular complexity index is 563. The molecule has 94 valence electrons. The lowest BCUT2D eigenvalue weighted by molar-refractivity contribution is 0.0701. The number of hydrogen-bond acceptors (Lipinski definition) is 3. The maximum absolute atomic E-state index is 11.0. The van der Waals surface area contributed by atoms with Gasteiger partial charge in [-0.15, -0.1) is 11.3 Å². The fraction of sp³-hybridized carbons (Fsp3) is 0.231. The standard InChI is InChI=1S/C13H12ClNO2S/c1-2-10-12(13(16)17)18-11(15-10)7-8-3-5-9(14)6-4-8/h3-6H,2,7H2,1H3,(H,16,17). The molecule has 1 heterocycles. The van der Waals surface area contributed by atoms with Crippen molar-refractivity contribution >= 4 is 28.9 Å². The van der Waals surface area contributed by atoms with E-state index in [2.05, 4.69) is 4.98 Å². The summed E-state index contributed by atoms with van der Waals surface area (Å²) in [6.45, 7) is 1.91. The molecule has 0 saturated heterocycles. The van der Waals surface area contributed by atoms with E-state index in [0.717, 1.165) is 10.6 Å². The van der Waals surface area contributed by atoms with Crippen molar-refractivity contribution in [3.8, 4) is 0 Å². The molecular formula is C13H12ClNO2S. The molecule has 0 bridgehead atoms. The molecule has 0 spiro atoms. The van der Waals surface area contributed by atoms with Crippen molar-refractivity contribution in [3.05, 3.63) is 50.4 Å². The fourth-order valence-electron chi connectivity index (χ4n) is 1.66. The Balaban J connectivity index is 2.24. The highest BCUT2D eigenvalue weighted by Gasteiger charge is 2.15. The lowest BCUT2D eigenvalue weighted by Crippen LogP contribution is -1.97. The second-order valence-electron chi connectivity index (χ2n) is 3.85. The van der Waals surface area contributed by atoms with Crippen LogP contribution in [0.4, 0.5) is 0 Å². The van der Waals surface area contributed by atoms with Crippen LogP contribution in [0.5, 0.6) is 0 Å². The lowest BCUT2D eigenvalue weighted by Gasteiger charge is -1.97. The third-order valence-corrected chi connectivity index (χ3v) is 3.88. The Morgan fingerprint density at radius 3 is 2.56 bits per heavy atom. The van der Waals surface area contributed by atoms with Crippen LogP contribution in [-0.4, -0.2) is 16.1 Å². The number of carbonyl (C=O) groups is 1. The molecule has 0 aliphatic heterocycles. The van der Waals surface area contributed by atoms with Crippen LogP contribution < -0.4 is 0 Å². The Labute approximate surface area is 114 Å². The summed E-state index contributed by atoms with van der Waals surface area (Å²) >= 11 is 7.06. The predicted molar refractivity (Wildman–Crippen MR) is 72.7 cm³/mol. The monoisotopic (exact) mass is 281 g/mol. The highest BCUT2D eigenvalue weighted by Crippen LogP contribution is 2.22. The van der Waals surface area contributed by atoms with Crippen LogP contribution in [0.15, 0.2) is 24.3 Å². The normalized spacial score (nSPS) is 10.6. The molecule has 0 atom stereocenters. The van der Waals surface area contributed by atoms with Crippen molar-refractivity contribution < 1.29 is 9.90 Å². The van der Waals surface area contributed by atoms with Crippen LogP contribution in [0.1, 0.15) is 32.9 Å². The zero-order valence-electron chi connectivity index (χ0n) is 9.81. The van der Waals surface area contributed by atoms with E-state index in [1.807, 2.05) is 31.2 Å². The first kappa shape index (κ1) is 13.1. The minimum atomic E-state index is -0.897. The summed E-state index contributed by atoms with van der Waals surface area (Å²) in [6, 6.07) is 7.50. The SMILES string of the molecule is CCc1nc(Cc2ccc(Cl)cc2)sc1C(=O)O. The Kier molecular flexibility index (Phi) is 3.99. The van der Waals surface area contributed by atoms with E-state index in [9.17, 15) is 4.79 Å². The molecule has 0 unspecified atom stereocenters. The van der Waals surface area contributed by atoms with Gasteiger partial charge in [-0.05, 0) is 24.1 Å². The largest absolute Gasteiger partial charge is 0.477 e. The predicted octanol–water partition coefficient (Wildman–Crippen LogP) is 3.65. The summed E-state index contributed by atoms with van der Waals surface area (Å²) in [5, 5.41) is 10.6. The summed E-state index contributed by atoms with van der Waals surface area (Å²) in [4.78, 5) is 15.8. The van der Waals surface area contributed by atoms with E-state index in [1.165, 1.54) is 11.3 Å². The molecule has 2 aromatic rings. The summed E-state index contributed by atoms with van der Waals surface area (Å²) in [5.74, 6) is -0.897. The van der Waals surface area contributed by atoms with Gasteiger partial charge < -0.3 is 5.11 Å². The molecule has 0 radical (unpaired) electrons. The average Bonchev–Trinajstić information content (AvgIpc) is 2.75. The Morgan fingerprint density at radius 2 is 2.06 bits per heavy atom. The second-order valence-corrected chi connectivity index (χ2v) is 5.37. The quantitative estimate of drug-likeness (QED) is 0.931. The molecule has 0 aliphatic carbocycles. The van der Waals surface area contributed by atoms with Crippen molar-refractivity contribution in [2.24, 2.45) is 0 Å². The van der Waals surface area contributed by atoms with Gasteiger partial charge in [-0.1, -0.05) is 30.7 Å². The third kappa shape index (κ3) is 2.89. The van der Waals surface area contributed by atoms with Crippen LogP contribution in [0, 0.1) is 0 Å². The molecule has 1 aromatic carbocycles. The first-order chi connectivity index (χ1) is 8.60. The third-order valence-electron chi connectivity index (χ3n) is 2.54. The highest BCUT2D eigenvalue weighted by atomic mass is 35.5. The van der Waals surface area contributed by atoms with Gasteiger partial charge in [0, 0.05) is 11.4 Å². The summed E-state index contributed by atoms with van der Waals surface area (Å²) in [6.07, 6.45) is 1.28. The molecule has 0 saturated carbocycles. The Hall–Kier alpha value is -1.39. The van der Waals surface area contributed by atoms with Crippen molar-refractivity contribution in [1.82, 2.24) is 4.98 Å². The number of halogens is 1. The number of thiazole rings is 1. The molecule has 0 fully saturated rings. The molecule has 3 nitrogen and oxygen atoms in total. The van der Waals surface area contributed by atoms with Gasteiger partial charge in [0.15, 0.2) is 0 Å². The number of carboxylic acid groups (broad SMARTS) is 1. The first-order valence-electron chi connectivity index (χ1n) is 5.56. The van der Waals surface area contributed by atoms with Crippen LogP contribution in [-0.2, 0) is 12.8 Å². The van der Waals surface area contributed by atoms with Gasteiger partial charge >= 0.3 is 5.97 Å². The molecule has 1 aromatic heterocycles. The first-order valence-corrected chi connectivity index (χ1v) is 6.76. The van der Waals surface area contributed by atoms with Crippen LogP contribution >= 0.6 is 22.9 Å². The van der Waals surface area contributed by atoms with Gasteiger partial charge in [-0.25, -0.2) is 9.78 Å². The lowest BCUT2D eigenvalue weighted by atomic mass is 10.2. The number of benzene rings is 1. The number of aromatic nitrogens is 1. The summed E-state index contributed by atoms with van der Waals surface area (Å²) in [5.41, 5.74) is 1.74. The van der Waals surface area contributed by atoms with Gasteiger partial charge in [0.2, 0.25) is 0 Å². The van der Waals surface area contributed by atoms with Gasteiger partial charge in [0.25, 0.3) is 0 Å². The Morgan fingerprint density at radius 1 is 1.39 bits per heavy atom. The molecule has 0 amide bonds. The maximum atomic E-state index is 11.0. The van der Waals surface area contributed by atoms with Gasteiger partial charge in [0.05, 0.1) is 10.7 Å². The fourth-order valence-corrected chi connectivity index (χ4v) is 2.81. The number of aromatic carboxylic acids is 1. The van der Waals surface area contributed by atoms with Crippen LogP contribution in [0.25, 0.3) is 0 Å². The smallest absolute Gasteiger partial charge is 0.347 e. The molecule has 1 N–H and O–H groups in total.